The zero-order valence-electron chi connectivity index (χ0n) is 15.9. The molecule has 0 spiro atoms. The maximum absolute atomic E-state index is 14.0. The van der Waals surface area contributed by atoms with Crippen LogP contribution < -0.4 is 15.1 Å². The fraction of sp³-hybridized carbons (Fsp3) is 0.333. The van der Waals surface area contributed by atoms with Crippen molar-refractivity contribution in [2.45, 2.75) is 20.3 Å². The first-order chi connectivity index (χ1) is 13.4. The monoisotopic (exact) mass is 387 g/mol. The van der Waals surface area contributed by atoms with E-state index in [9.17, 15) is 18.4 Å². The molecule has 1 aliphatic heterocycles. The van der Waals surface area contributed by atoms with Crippen LogP contribution in [-0.4, -0.2) is 31.4 Å². The second-order valence-electron chi connectivity index (χ2n) is 6.68. The molecule has 0 aromatic heterocycles. The molecule has 28 heavy (non-hydrogen) atoms. The van der Waals surface area contributed by atoms with E-state index in [2.05, 4.69) is 24.1 Å². The van der Waals surface area contributed by atoms with Gasteiger partial charge in [0.2, 0.25) is 11.8 Å². The van der Waals surface area contributed by atoms with Crippen molar-refractivity contribution in [1.82, 2.24) is 0 Å². The molecule has 1 unspecified atom stereocenters. The Kier molecular flexibility index (Phi) is 5.92. The highest BCUT2D eigenvalue weighted by Gasteiger charge is 2.37. The van der Waals surface area contributed by atoms with Gasteiger partial charge in [-0.15, -0.1) is 0 Å². The molecule has 7 heteroatoms. The molecule has 0 aliphatic carbocycles. The highest BCUT2D eigenvalue weighted by Crippen LogP contribution is 2.30. The number of halogens is 2. The minimum atomic E-state index is -0.818. The Balaban J connectivity index is 1.68. The Morgan fingerprint density at radius 2 is 1.71 bits per heavy atom. The van der Waals surface area contributed by atoms with Crippen LogP contribution >= 0.6 is 0 Å². The maximum atomic E-state index is 14.0. The summed E-state index contributed by atoms with van der Waals surface area (Å²) in [5.41, 5.74) is 1.27. The van der Waals surface area contributed by atoms with Crippen LogP contribution in [0.2, 0.25) is 0 Å². The number of nitrogens with zero attached hydrogens (tertiary/aromatic N) is 2. The van der Waals surface area contributed by atoms with Crippen LogP contribution in [0.3, 0.4) is 0 Å². The standard InChI is InChI=1S/C21H23F2N3O2/c1-3-25(4-2)16-10-8-15(9-11-16)24-21(28)14-12-19(27)26(13-14)20-17(22)6-5-7-18(20)23/h5-11,14H,3-4,12-13H2,1-2H3,(H,24,28). The molecule has 0 saturated carbocycles. The zero-order valence-corrected chi connectivity index (χ0v) is 15.9. The Bertz CT molecular complexity index is 846. The average molecular weight is 387 g/mol. The minimum absolute atomic E-state index is 0.0555. The SMILES string of the molecule is CCN(CC)c1ccc(NC(=O)C2CC(=O)N(c3c(F)cccc3F)C2)cc1. The number of carbonyl (C=O) groups is 2. The number of nitrogens with one attached hydrogen (secondary N) is 1. The number of para-hydroxylation sites is 1. The predicted octanol–water partition coefficient (Wildman–Crippen LogP) is 3.80. The van der Waals surface area contributed by atoms with E-state index < -0.39 is 29.1 Å². The highest BCUT2D eigenvalue weighted by molar-refractivity contribution is 6.03. The highest BCUT2D eigenvalue weighted by atomic mass is 19.1. The first kappa shape index (κ1) is 19.8. The predicted molar refractivity (Wildman–Crippen MR) is 105 cm³/mol. The Hall–Kier alpha value is -2.96. The quantitative estimate of drug-likeness (QED) is 0.820. The van der Waals surface area contributed by atoms with E-state index in [-0.39, 0.29) is 18.9 Å². The van der Waals surface area contributed by atoms with E-state index in [4.69, 9.17) is 0 Å². The summed E-state index contributed by atoms with van der Waals surface area (Å²) in [4.78, 5) is 28.0. The summed E-state index contributed by atoms with van der Waals surface area (Å²) in [6.07, 6.45) is -0.0862. The second kappa shape index (κ2) is 8.37. The lowest BCUT2D eigenvalue weighted by Crippen LogP contribution is -2.29. The van der Waals surface area contributed by atoms with Crippen LogP contribution in [0.1, 0.15) is 20.3 Å². The number of anilines is 3. The normalized spacial score (nSPS) is 16.4. The van der Waals surface area contributed by atoms with Gasteiger partial charge in [-0.2, -0.15) is 0 Å². The Morgan fingerprint density at radius 1 is 1.11 bits per heavy atom. The van der Waals surface area contributed by atoms with Crippen molar-refractivity contribution in [3.05, 3.63) is 54.1 Å². The number of rotatable bonds is 6. The van der Waals surface area contributed by atoms with Crippen molar-refractivity contribution in [1.29, 1.82) is 0 Å². The second-order valence-corrected chi connectivity index (χ2v) is 6.68. The first-order valence-electron chi connectivity index (χ1n) is 9.34. The number of benzene rings is 2. The molecule has 5 nitrogen and oxygen atoms in total. The number of amides is 2. The fourth-order valence-corrected chi connectivity index (χ4v) is 3.43. The molecule has 1 N–H and O–H groups in total. The molecule has 0 bridgehead atoms. The van der Waals surface area contributed by atoms with Gasteiger partial charge in [-0.25, -0.2) is 8.78 Å². The zero-order chi connectivity index (χ0) is 20.3. The third-order valence-corrected chi connectivity index (χ3v) is 4.97. The molecule has 1 heterocycles. The van der Waals surface area contributed by atoms with Crippen molar-refractivity contribution < 1.29 is 18.4 Å². The Labute approximate surface area is 162 Å². The van der Waals surface area contributed by atoms with Crippen molar-refractivity contribution in [2.24, 2.45) is 5.92 Å². The molecule has 1 atom stereocenters. The topological polar surface area (TPSA) is 52.7 Å². The van der Waals surface area contributed by atoms with Crippen LogP contribution in [0.5, 0.6) is 0 Å². The maximum Gasteiger partial charge on any atom is 0.229 e. The van der Waals surface area contributed by atoms with Crippen LogP contribution in [0, 0.1) is 17.6 Å². The van der Waals surface area contributed by atoms with Gasteiger partial charge in [0.15, 0.2) is 0 Å². The molecule has 148 valence electrons. The van der Waals surface area contributed by atoms with E-state index in [0.717, 1.165) is 35.8 Å². The van der Waals surface area contributed by atoms with Gasteiger partial charge in [-0.1, -0.05) is 6.07 Å². The van der Waals surface area contributed by atoms with Crippen LogP contribution in [0.15, 0.2) is 42.5 Å². The molecular formula is C21H23F2N3O2. The number of hydrogen-bond donors (Lipinski definition) is 1. The summed E-state index contributed by atoms with van der Waals surface area (Å²) >= 11 is 0. The molecule has 2 amide bonds. The van der Waals surface area contributed by atoms with Gasteiger partial charge in [0, 0.05) is 37.4 Å². The van der Waals surface area contributed by atoms with E-state index in [0.29, 0.717) is 5.69 Å². The van der Waals surface area contributed by atoms with Gasteiger partial charge in [-0.3, -0.25) is 9.59 Å². The van der Waals surface area contributed by atoms with Crippen LogP contribution in [0.4, 0.5) is 25.8 Å². The Morgan fingerprint density at radius 3 is 2.29 bits per heavy atom. The molecular weight excluding hydrogens is 364 g/mol. The lowest BCUT2D eigenvalue weighted by Gasteiger charge is -2.21. The smallest absolute Gasteiger partial charge is 0.229 e. The summed E-state index contributed by atoms with van der Waals surface area (Å²) in [5.74, 6) is -3.12. The number of carbonyl (C=O) groups excluding carboxylic acids is 2. The molecule has 1 aliphatic rings. The van der Waals surface area contributed by atoms with Gasteiger partial charge in [-0.05, 0) is 50.2 Å². The van der Waals surface area contributed by atoms with Crippen LogP contribution in [0.25, 0.3) is 0 Å². The molecule has 0 radical (unpaired) electrons. The van der Waals surface area contributed by atoms with Gasteiger partial charge in [0.25, 0.3) is 0 Å². The lowest BCUT2D eigenvalue weighted by molar-refractivity contribution is -0.122. The number of hydrogen-bond acceptors (Lipinski definition) is 3. The van der Waals surface area contributed by atoms with Gasteiger partial charge in [0.1, 0.15) is 17.3 Å². The molecule has 2 aromatic rings. The first-order valence-corrected chi connectivity index (χ1v) is 9.34. The summed E-state index contributed by atoms with van der Waals surface area (Å²) < 4.78 is 27.9. The van der Waals surface area contributed by atoms with Gasteiger partial charge in [0.05, 0.1) is 5.92 Å². The molecule has 1 fully saturated rings. The fourth-order valence-electron chi connectivity index (χ4n) is 3.43. The average Bonchev–Trinajstić information content (AvgIpc) is 3.05. The van der Waals surface area contributed by atoms with Crippen LogP contribution in [-0.2, 0) is 9.59 Å². The summed E-state index contributed by atoms with van der Waals surface area (Å²) in [5, 5.41) is 2.78. The van der Waals surface area contributed by atoms with E-state index >= 15 is 0 Å². The van der Waals surface area contributed by atoms with E-state index in [1.54, 1.807) is 12.1 Å². The van der Waals surface area contributed by atoms with E-state index in [1.165, 1.54) is 6.07 Å². The van der Waals surface area contributed by atoms with Crippen molar-refractivity contribution in [2.75, 3.05) is 34.8 Å². The molecule has 3 rings (SSSR count). The summed E-state index contributed by atoms with van der Waals surface area (Å²) in [6.45, 7) is 5.85. The third-order valence-electron chi connectivity index (χ3n) is 4.97. The van der Waals surface area contributed by atoms with Gasteiger partial charge < -0.3 is 15.1 Å². The summed E-state index contributed by atoms with van der Waals surface area (Å²) in [7, 11) is 0. The molecule has 1 saturated heterocycles. The lowest BCUT2D eigenvalue weighted by atomic mass is 10.1. The minimum Gasteiger partial charge on any atom is -0.372 e. The molecule has 2 aromatic carbocycles. The van der Waals surface area contributed by atoms with Crippen molar-refractivity contribution >= 4 is 28.9 Å². The van der Waals surface area contributed by atoms with Gasteiger partial charge >= 0.3 is 0 Å². The third kappa shape index (κ3) is 3.98. The van der Waals surface area contributed by atoms with E-state index in [1.807, 2.05) is 12.1 Å². The van der Waals surface area contributed by atoms with Crippen molar-refractivity contribution in [3.63, 3.8) is 0 Å². The largest absolute Gasteiger partial charge is 0.372 e. The summed E-state index contributed by atoms with van der Waals surface area (Å²) in [6, 6.07) is 10.9. The van der Waals surface area contributed by atoms with Crippen molar-refractivity contribution in [3.8, 4) is 0 Å².